The maximum atomic E-state index is 6.05. The van der Waals surface area contributed by atoms with Gasteiger partial charge in [0, 0.05) is 34.5 Å². The fourth-order valence-corrected chi connectivity index (χ4v) is 2.82. The van der Waals surface area contributed by atoms with E-state index in [1.807, 2.05) is 24.5 Å². The van der Waals surface area contributed by atoms with Gasteiger partial charge in [-0.25, -0.2) is 0 Å². The van der Waals surface area contributed by atoms with E-state index in [0.29, 0.717) is 0 Å². The van der Waals surface area contributed by atoms with E-state index >= 15 is 0 Å². The Labute approximate surface area is 123 Å². The third-order valence-corrected chi connectivity index (χ3v) is 3.74. The molecule has 0 saturated carbocycles. The molecule has 1 unspecified atom stereocenters. The molecular weight excluding hydrogens is 270 g/mol. The van der Waals surface area contributed by atoms with Crippen molar-refractivity contribution in [2.24, 2.45) is 0 Å². The summed E-state index contributed by atoms with van der Waals surface area (Å²) < 4.78 is 0. The molecule has 0 aliphatic carbocycles. The molecule has 0 aliphatic rings. The molecule has 3 aromatic rings. The summed E-state index contributed by atoms with van der Waals surface area (Å²) in [6, 6.07) is 10.3. The zero-order valence-corrected chi connectivity index (χ0v) is 12.2. The summed E-state index contributed by atoms with van der Waals surface area (Å²) in [5.74, 6) is 0. The predicted octanol–water partition coefficient (Wildman–Crippen LogP) is 3.87. The summed E-state index contributed by atoms with van der Waals surface area (Å²) in [6.45, 7) is 0. The highest BCUT2D eigenvalue weighted by atomic mass is 35.5. The van der Waals surface area contributed by atoms with Gasteiger partial charge in [-0.15, -0.1) is 0 Å². The minimum absolute atomic E-state index is 0.188. The summed E-state index contributed by atoms with van der Waals surface area (Å²) in [5.41, 5.74) is 3.53. The zero-order valence-electron chi connectivity index (χ0n) is 11.5. The molecule has 1 atom stereocenters. The summed E-state index contributed by atoms with van der Waals surface area (Å²) in [5, 5.41) is 1.95. The Morgan fingerprint density at radius 3 is 2.60 bits per heavy atom. The zero-order chi connectivity index (χ0) is 14.1. The lowest BCUT2D eigenvalue weighted by Gasteiger charge is -2.24. The third-order valence-electron chi connectivity index (χ3n) is 3.51. The van der Waals surface area contributed by atoms with Gasteiger partial charge in [-0.2, -0.15) is 0 Å². The van der Waals surface area contributed by atoms with Gasteiger partial charge in [-0.1, -0.05) is 17.7 Å². The highest BCUT2D eigenvalue weighted by Gasteiger charge is 2.19. The van der Waals surface area contributed by atoms with Crippen molar-refractivity contribution in [3.63, 3.8) is 0 Å². The molecule has 1 N–H and O–H groups in total. The van der Waals surface area contributed by atoms with Gasteiger partial charge in [-0.3, -0.25) is 9.88 Å². The first-order valence-electron chi connectivity index (χ1n) is 6.49. The number of fused-ring (bicyclic) bond motifs is 1. The summed E-state index contributed by atoms with van der Waals surface area (Å²) in [4.78, 5) is 9.61. The van der Waals surface area contributed by atoms with Gasteiger partial charge in [0.2, 0.25) is 0 Å². The molecule has 0 radical (unpaired) electrons. The van der Waals surface area contributed by atoms with Crippen molar-refractivity contribution in [3.8, 4) is 0 Å². The van der Waals surface area contributed by atoms with Crippen LogP contribution in [0, 0.1) is 0 Å². The van der Waals surface area contributed by atoms with Crippen LogP contribution in [0.3, 0.4) is 0 Å². The van der Waals surface area contributed by atoms with E-state index in [0.717, 1.165) is 10.5 Å². The lowest BCUT2D eigenvalue weighted by atomic mass is 9.98. The van der Waals surface area contributed by atoms with Crippen LogP contribution in [0.1, 0.15) is 17.2 Å². The minimum atomic E-state index is 0.188. The molecule has 3 nitrogen and oxygen atoms in total. The van der Waals surface area contributed by atoms with Crippen molar-refractivity contribution >= 4 is 22.5 Å². The number of pyridine rings is 1. The van der Waals surface area contributed by atoms with E-state index < -0.39 is 0 Å². The van der Waals surface area contributed by atoms with Crippen LogP contribution >= 0.6 is 11.6 Å². The van der Waals surface area contributed by atoms with Crippen molar-refractivity contribution in [2.45, 2.75) is 6.04 Å². The second kappa shape index (κ2) is 5.27. The molecule has 2 heterocycles. The van der Waals surface area contributed by atoms with Crippen molar-refractivity contribution in [1.82, 2.24) is 14.9 Å². The van der Waals surface area contributed by atoms with Crippen LogP contribution in [-0.2, 0) is 0 Å². The van der Waals surface area contributed by atoms with Crippen molar-refractivity contribution in [3.05, 3.63) is 65.1 Å². The molecule has 20 heavy (non-hydrogen) atoms. The van der Waals surface area contributed by atoms with Gasteiger partial charge in [0.1, 0.15) is 0 Å². The van der Waals surface area contributed by atoms with Crippen molar-refractivity contribution < 1.29 is 0 Å². The molecule has 1 aromatic carbocycles. The number of halogens is 1. The van der Waals surface area contributed by atoms with Crippen molar-refractivity contribution in [2.75, 3.05) is 14.1 Å². The molecule has 4 heteroatoms. The first-order chi connectivity index (χ1) is 9.66. The van der Waals surface area contributed by atoms with Crippen LogP contribution in [0.15, 0.2) is 48.9 Å². The van der Waals surface area contributed by atoms with Crippen LogP contribution < -0.4 is 0 Å². The van der Waals surface area contributed by atoms with E-state index in [-0.39, 0.29) is 6.04 Å². The molecule has 0 spiro atoms. The summed E-state index contributed by atoms with van der Waals surface area (Å²) >= 11 is 6.05. The van der Waals surface area contributed by atoms with E-state index in [2.05, 4.69) is 53.4 Å². The fraction of sp³-hybridized carbons (Fsp3) is 0.188. The average Bonchev–Trinajstić information content (AvgIpc) is 2.83. The van der Waals surface area contributed by atoms with Gasteiger partial charge >= 0.3 is 0 Å². The highest BCUT2D eigenvalue weighted by Crippen LogP contribution is 2.32. The largest absolute Gasteiger partial charge is 0.361 e. The van der Waals surface area contributed by atoms with E-state index in [4.69, 9.17) is 11.6 Å². The number of benzene rings is 1. The second-order valence-corrected chi connectivity index (χ2v) is 5.52. The number of hydrogen-bond donors (Lipinski definition) is 1. The average molecular weight is 286 g/mol. The Hall–Kier alpha value is -1.84. The van der Waals surface area contributed by atoms with Crippen LogP contribution in [-0.4, -0.2) is 29.0 Å². The highest BCUT2D eigenvalue weighted by molar-refractivity contribution is 6.31. The molecular formula is C16H16ClN3. The first kappa shape index (κ1) is 13.2. The molecule has 0 aliphatic heterocycles. The predicted molar refractivity (Wildman–Crippen MR) is 83.1 cm³/mol. The van der Waals surface area contributed by atoms with Crippen LogP contribution in [0.4, 0.5) is 0 Å². The summed E-state index contributed by atoms with van der Waals surface area (Å²) in [6.07, 6.45) is 5.72. The maximum Gasteiger partial charge on any atom is 0.0619 e. The molecule has 2 aromatic heterocycles. The first-order valence-corrected chi connectivity index (χ1v) is 6.87. The van der Waals surface area contributed by atoms with Gasteiger partial charge in [0.05, 0.1) is 6.04 Å². The summed E-state index contributed by atoms with van der Waals surface area (Å²) in [7, 11) is 4.17. The lowest BCUT2D eigenvalue weighted by molar-refractivity contribution is 0.344. The number of aromatic amines is 1. The smallest absolute Gasteiger partial charge is 0.0619 e. The van der Waals surface area contributed by atoms with E-state index in [9.17, 15) is 0 Å². The maximum absolute atomic E-state index is 6.05. The Balaban J connectivity index is 2.16. The Morgan fingerprint density at radius 1 is 1.15 bits per heavy atom. The van der Waals surface area contributed by atoms with Crippen LogP contribution in [0.5, 0.6) is 0 Å². The topological polar surface area (TPSA) is 31.9 Å². The SMILES string of the molecule is CN(C)C(c1ccncc1)c1c[nH]c2cc(Cl)ccc12. The monoisotopic (exact) mass is 285 g/mol. The van der Waals surface area contributed by atoms with Crippen molar-refractivity contribution in [1.29, 1.82) is 0 Å². The normalized spacial score (nSPS) is 13.0. The number of nitrogens with zero attached hydrogens (tertiary/aromatic N) is 2. The number of hydrogen-bond acceptors (Lipinski definition) is 2. The quantitative estimate of drug-likeness (QED) is 0.792. The molecule has 0 fully saturated rings. The van der Waals surface area contributed by atoms with E-state index in [1.165, 1.54) is 16.5 Å². The fourth-order valence-electron chi connectivity index (χ4n) is 2.65. The number of rotatable bonds is 3. The van der Waals surface area contributed by atoms with Crippen LogP contribution in [0.2, 0.25) is 5.02 Å². The lowest BCUT2D eigenvalue weighted by Crippen LogP contribution is -2.20. The minimum Gasteiger partial charge on any atom is -0.361 e. The third kappa shape index (κ3) is 2.30. The van der Waals surface area contributed by atoms with Gasteiger partial charge < -0.3 is 4.98 Å². The Kier molecular flexibility index (Phi) is 3.47. The molecule has 3 rings (SSSR count). The van der Waals surface area contributed by atoms with E-state index in [1.54, 1.807) is 0 Å². The Morgan fingerprint density at radius 2 is 1.90 bits per heavy atom. The number of nitrogens with one attached hydrogen (secondary N) is 1. The number of H-pyrrole nitrogens is 1. The van der Waals surface area contributed by atoms with Gasteiger partial charge in [0.15, 0.2) is 0 Å². The molecule has 0 bridgehead atoms. The van der Waals surface area contributed by atoms with Crippen LogP contribution in [0.25, 0.3) is 10.9 Å². The molecule has 0 amide bonds. The molecule has 102 valence electrons. The standard InChI is InChI=1S/C16H16ClN3/c1-20(2)16(11-5-7-18-8-6-11)14-10-19-15-9-12(17)3-4-13(14)15/h3-10,16,19H,1-2H3. The van der Waals surface area contributed by atoms with Gasteiger partial charge in [-0.05, 0) is 49.5 Å². The van der Waals surface area contributed by atoms with Gasteiger partial charge in [0.25, 0.3) is 0 Å². The second-order valence-electron chi connectivity index (χ2n) is 5.08. The number of aromatic nitrogens is 2. The Bertz CT molecular complexity index is 719. The molecule has 0 saturated heterocycles.